The highest BCUT2D eigenvalue weighted by molar-refractivity contribution is 5.95. The predicted octanol–water partition coefficient (Wildman–Crippen LogP) is 1.97. The van der Waals surface area contributed by atoms with E-state index in [0.29, 0.717) is 22.8 Å². The van der Waals surface area contributed by atoms with Gasteiger partial charge >= 0.3 is 0 Å². The van der Waals surface area contributed by atoms with Crippen LogP contribution in [0.15, 0.2) is 36.8 Å². The van der Waals surface area contributed by atoms with Crippen molar-refractivity contribution < 1.29 is 9.18 Å². The fourth-order valence-corrected chi connectivity index (χ4v) is 2.65. The van der Waals surface area contributed by atoms with Crippen LogP contribution in [0.4, 0.5) is 10.2 Å². The Morgan fingerprint density at radius 3 is 2.74 bits per heavy atom. The molecule has 1 amide bonds. The van der Waals surface area contributed by atoms with E-state index >= 15 is 0 Å². The number of amides is 1. The third kappa shape index (κ3) is 3.91. The number of halogens is 1. The van der Waals surface area contributed by atoms with Gasteiger partial charge in [-0.1, -0.05) is 12.1 Å². The maximum Gasteiger partial charge on any atom is 0.251 e. The van der Waals surface area contributed by atoms with Gasteiger partial charge in [0.1, 0.15) is 12.2 Å². The lowest BCUT2D eigenvalue weighted by molar-refractivity contribution is 0.0937. The smallest absolute Gasteiger partial charge is 0.251 e. The number of rotatable bonds is 5. The number of hydrogen-bond acceptors (Lipinski definition) is 6. The Kier molecular flexibility index (Phi) is 5.11. The van der Waals surface area contributed by atoms with Crippen LogP contribution in [0.3, 0.4) is 0 Å². The molecule has 1 N–H and O–H groups in total. The highest BCUT2D eigenvalue weighted by Gasteiger charge is 2.16. The van der Waals surface area contributed by atoms with E-state index in [-0.39, 0.29) is 17.8 Å². The van der Waals surface area contributed by atoms with Crippen molar-refractivity contribution in [1.82, 2.24) is 30.0 Å². The van der Waals surface area contributed by atoms with E-state index in [9.17, 15) is 9.18 Å². The lowest BCUT2D eigenvalue weighted by Gasteiger charge is -2.14. The minimum absolute atomic E-state index is 0.186. The van der Waals surface area contributed by atoms with E-state index in [1.165, 1.54) is 6.33 Å². The molecule has 0 saturated heterocycles. The van der Waals surface area contributed by atoms with Crippen molar-refractivity contribution >= 4 is 11.7 Å². The topological polar surface area (TPSA) is 88.8 Å². The number of carbonyl (C=O) groups is 1. The van der Waals surface area contributed by atoms with Crippen LogP contribution in [-0.2, 0) is 7.05 Å². The van der Waals surface area contributed by atoms with E-state index in [1.807, 2.05) is 6.92 Å². The van der Waals surface area contributed by atoms with Crippen molar-refractivity contribution in [3.8, 4) is 11.4 Å². The second-order valence-electron chi connectivity index (χ2n) is 6.28. The average Bonchev–Trinajstić information content (AvgIpc) is 3.08. The van der Waals surface area contributed by atoms with Crippen LogP contribution in [0.1, 0.15) is 29.1 Å². The number of nitrogens with one attached hydrogen (secondary N) is 1. The SMILES string of the molecule is C[C@@H](NC(=O)c1cccc(-c2ncc(F)c(N(C)C)n2)c1)c1ncnn1C. The molecule has 1 atom stereocenters. The summed E-state index contributed by atoms with van der Waals surface area (Å²) in [6, 6.07) is 6.56. The Morgan fingerprint density at radius 2 is 2.07 bits per heavy atom. The van der Waals surface area contributed by atoms with Crippen LogP contribution < -0.4 is 10.2 Å². The number of aromatic nitrogens is 5. The molecule has 0 saturated carbocycles. The Labute approximate surface area is 156 Å². The third-order valence-corrected chi connectivity index (χ3v) is 4.01. The zero-order valence-electron chi connectivity index (χ0n) is 15.5. The van der Waals surface area contributed by atoms with Gasteiger partial charge in [-0.3, -0.25) is 9.48 Å². The van der Waals surface area contributed by atoms with Crippen LogP contribution in [0.25, 0.3) is 11.4 Å². The van der Waals surface area contributed by atoms with Gasteiger partial charge in [0.15, 0.2) is 17.5 Å². The van der Waals surface area contributed by atoms with Crippen molar-refractivity contribution in [2.75, 3.05) is 19.0 Å². The molecule has 2 aromatic heterocycles. The summed E-state index contributed by atoms with van der Waals surface area (Å²) in [7, 11) is 5.17. The van der Waals surface area contributed by atoms with Gasteiger partial charge in [0, 0.05) is 32.3 Å². The Bertz CT molecular complexity index is 970. The molecule has 0 aliphatic carbocycles. The van der Waals surface area contributed by atoms with E-state index < -0.39 is 5.82 Å². The number of anilines is 1. The van der Waals surface area contributed by atoms with Crippen LogP contribution in [-0.4, -0.2) is 44.7 Å². The first-order chi connectivity index (χ1) is 12.9. The Morgan fingerprint density at radius 1 is 1.30 bits per heavy atom. The molecule has 3 aromatic rings. The lowest BCUT2D eigenvalue weighted by atomic mass is 10.1. The number of aryl methyl sites for hydroxylation is 1. The van der Waals surface area contributed by atoms with Crippen molar-refractivity contribution in [1.29, 1.82) is 0 Å². The van der Waals surface area contributed by atoms with Gasteiger partial charge in [0.2, 0.25) is 0 Å². The maximum atomic E-state index is 13.8. The first-order valence-electron chi connectivity index (χ1n) is 8.32. The monoisotopic (exact) mass is 369 g/mol. The second-order valence-corrected chi connectivity index (χ2v) is 6.28. The molecule has 3 rings (SSSR count). The highest BCUT2D eigenvalue weighted by atomic mass is 19.1. The molecule has 8 nitrogen and oxygen atoms in total. The summed E-state index contributed by atoms with van der Waals surface area (Å²) in [5.41, 5.74) is 1.07. The van der Waals surface area contributed by atoms with E-state index in [4.69, 9.17) is 0 Å². The van der Waals surface area contributed by atoms with E-state index in [1.54, 1.807) is 55.0 Å². The summed E-state index contributed by atoms with van der Waals surface area (Å²) in [4.78, 5) is 26.6. The van der Waals surface area contributed by atoms with Gasteiger partial charge in [-0.2, -0.15) is 5.10 Å². The number of hydrogen-bond donors (Lipinski definition) is 1. The summed E-state index contributed by atoms with van der Waals surface area (Å²) in [6.07, 6.45) is 2.56. The lowest BCUT2D eigenvalue weighted by Crippen LogP contribution is -2.28. The Balaban J connectivity index is 1.84. The molecule has 0 bridgehead atoms. The van der Waals surface area contributed by atoms with Crippen LogP contribution in [0, 0.1) is 5.82 Å². The number of benzene rings is 1. The zero-order chi connectivity index (χ0) is 19.6. The van der Waals surface area contributed by atoms with E-state index in [0.717, 1.165) is 6.20 Å². The maximum absolute atomic E-state index is 13.8. The Hall–Kier alpha value is -3.36. The molecule has 0 radical (unpaired) electrons. The summed E-state index contributed by atoms with van der Waals surface area (Å²) in [5.74, 6) is 0.413. The van der Waals surface area contributed by atoms with Gasteiger partial charge in [-0.25, -0.2) is 19.3 Å². The van der Waals surface area contributed by atoms with Gasteiger partial charge in [-0.15, -0.1) is 0 Å². The van der Waals surface area contributed by atoms with Crippen molar-refractivity contribution in [2.45, 2.75) is 13.0 Å². The molecule has 140 valence electrons. The predicted molar refractivity (Wildman–Crippen MR) is 98.6 cm³/mol. The minimum atomic E-state index is -0.504. The zero-order valence-corrected chi connectivity index (χ0v) is 15.5. The van der Waals surface area contributed by atoms with Gasteiger partial charge < -0.3 is 10.2 Å². The standard InChI is InChI=1S/C18H20FN7O/c1-11(16-21-10-22-26(16)4)23-18(27)13-7-5-6-12(8-13)15-20-9-14(19)17(24-15)25(2)3/h5-11H,1-4H3,(H,23,27)/t11-/m1/s1. The average molecular weight is 369 g/mol. The summed E-state index contributed by atoms with van der Waals surface area (Å²) >= 11 is 0. The second kappa shape index (κ2) is 7.48. The molecule has 0 fully saturated rings. The molecule has 2 heterocycles. The van der Waals surface area contributed by atoms with Crippen LogP contribution >= 0.6 is 0 Å². The molecule has 0 spiro atoms. The first kappa shape index (κ1) is 18.4. The van der Waals surface area contributed by atoms with Crippen molar-refractivity contribution in [3.63, 3.8) is 0 Å². The van der Waals surface area contributed by atoms with Crippen molar-refractivity contribution in [3.05, 3.63) is 54.0 Å². The van der Waals surface area contributed by atoms with Gasteiger partial charge in [-0.05, 0) is 19.1 Å². The number of carbonyl (C=O) groups excluding carboxylic acids is 1. The van der Waals surface area contributed by atoms with Gasteiger partial charge in [0.05, 0.1) is 12.2 Å². The van der Waals surface area contributed by atoms with Crippen LogP contribution in [0.2, 0.25) is 0 Å². The minimum Gasteiger partial charge on any atom is -0.360 e. The van der Waals surface area contributed by atoms with Crippen LogP contribution in [0.5, 0.6) is 0 Å². The normalized spacial score (nSPS) is 11.9. The third-order valence-electron chi connectivity index (χ3n) is 4.01. The molecule has 0 aliphatic heterocycles. The summed E-state index contributed by atoms with van der Waals surface area (Å²) in [5, 5.41) is 6.89. The molecule has 0 unspecified atom stereocenters. The molecule has 1 aromatic carbocycles. The highest BCUT2D eigenvalue weighted by Crippen LogP contribution is 2.21. The quantitative estimate of drug-likeness (QED) is 0.740. The molecule has 0 aliphatic rings. The fraction of sp³-hybridized carbons (Fsp3) is 0.278. The van der Waals surface area contributed by atoms with Crippen molar-refractivity contribution in [2.24, 2.45) is 7.05 Å². The molecular formula is C18H20FN7O. The van der Waals surface area contributed by atoms with E-state index in [2.05, 4.69) is 25.4 Å². The van der Waals surface area contributed by atoms with Gasteiger partial charge in [0.25, 0.3) is 5.91 Å². The molecular weight excluding hydrogens is 349 g/mol. The summed E-state index contributed by atoms with van der Waals surface area (Å²) in [6.45, 7) is 1.83. The molecule has 27 heavy (non-hydrogen) atoms. The number of nitrogens with zero attached hydrogens (tertiary/aromatic N) is 6. The largest absolute Gasteiger partial charge is 0.360 e. The fourth-order valence-electron chi connectivity index (χ4n) is 2.65. The summed E-state index contributed by atoms with van der Waals surface area (Å²) < 4.78 is 15.4. The molecule has 9 heteroatoms. The first-order valence-corrected chi connectivity index (χ1v) is 8.32.